The maximum Gasteiger partial charge on any atom is 0.0994 e. The average molecular weight is 257 g/mol. The van der Waals surface area contributed by atoms with Gasteiger partial charge in [0.25, 0.3) is 0 Å². The maximum absolute atomic E-state index is 4.29. The van der Waals surface area contributed by atoms with Crippen molar-refractivity contribution >= 4 is 0 Å². The number of nitrogens with one attached hydrogen (secondary N) is 1. The third-order valence-corrected chi connectivity index (χ3v) is 3.35. The second-order valence-electron chi connectivity index (χ2n) is 6.08. The van der Waals surface area contributed by atoms with E-state index in [1.807, 2.05) is 12.5 Å². The van der Waals surface area contributed by atoms with Crippen molar-refractivity contribution in [2.75, 3.05) is 0 Å². The first kappa shape index (κ1) is 13.8. The first-order chi connectivity index (χ1) is 8.88. The molecule has 0 aliphatic carbocycles. The molecular weight excluding hydrogens is 234 g/mol. The van der Waals surface area contributed by atoms with Crippen molar-refractivity contribution in [1.29, 1.82) is 0 Å². The van der Waals surface area contributed by atoms with Gasteiger partial charge in [-0.15, -0.1) is 0 Å². The number of nitrogens with zero attached hydrogens (tertiary/aromatic N) is 2. The van der Waals surface area contributed by atoms with Crippen LogP contribution in [0.5, 0.6) is 0 Å². The van der Waals surface area contributed by atoms with Crippen molar-refractivity contribution in [3.05, 3.63) is 47.5 Å². The molecule has 0 saturated carbocycles. The van der Waals surface area contributed by atoms with Crippen LogP contribution in [0.1, 0.15) is 37.6 Å². The highest BCUT2D eigenvalue weighted by Crippen LogP contribution is 2.19. The summed E-state index contributed by atoms with van der Waals surface area (Å²) in [5.41, 5.74) is 5.11. The third-order valence-electron chi connectivity index (χ3n) is 3.35. The highest BCUT2D eigenvalue weighted by atomic mass is 15.1. The van der Waals surface area contributed by atoms with Gasteiger partial charge in [0, 0.05) is 24.0 Å². The quantitative estimate of drug-likeness (QED) is 0.913. The van der Waals surface area contributed by atoms with Crippen LogP contribution in [0.25, 0.3) is 5.69 Å². The summed E-state index contributed by atoms with van der Waals surface area (Å²) in [6.45, 7) is 11.6. The summed E-state index contributed by atoms with van der Waals surface area (Å²) in [4.78, 5) is 4.29. The molecule has 1 N–H and O–H groups in total. The fourth-order valence-corrected chi connectivity index (χ4v) is 2.02. The molecule has 0 spiro atoms. The molecule has 1 aromatic carbocycles. The van der Waals surface area contributed by atoms with Gasteiger partial charge >= 0.3 is 0 Å². The number of hydrogen-bond donors (Lipinski definition) is 1. The molecule has 2 aromatic rings. The van der Waals surface area contributed by atoms with Crippen molar-refractivity contribution in [2.45, 2.75) is 46.7 Å². The van der Waals surface area contributed by atoms with Crippen LogP contribution in [0.15, 0.2) is 30.7 Å². The first-order valence-corrected chi connectivity index (χ1v) is 6.71. The van der Waals surface area contributed by atoms with Gasteiger partial charge in [0.2, 0.25) is 0 Å². The van der Waals surface area contributed by atoms with Crippen LogP contribution < -0.4 is 5.32 Å². The highest BCUT2D eigenvalue weighted by Gasteiger charge is 2.12. The predicted molar refractivity (Wildman–Crippen MR) is 79.6 cm³/mol. The van der Waals surface area contributed by atoms with Gasteiger partial charge in [0.05, 0.1) is 12.0 Å². The van der Waals surface area contributed by atoms with Crippen LogP contribution in [0.4, 0.5) is 0 Å². The molecule has 19 heavy (non-hydrogen) atoms. The highest BCUT2D eigenvalue weighted by molar-refractivity contribution is 5.45. The first-order valence-electron chi connectivity index (χ1n) is 6.71. The van der Waals surface area contributed by atoms with Gasteiger partial charge in [-0.1, -0.05) is 12.1 Å². The van der Waals surface area contributed by atoms with E-state index in [9.17, 15) is 0 Å². The third kappa shape index (κ3) is 3.24. The van der Waals surface area contributed by atoms with Crippen LogP contribution in [-0.2, 0) is 6.54 Å². The molecule has 0 fully saturated rings. The van der Waals surface area contributed by atoms with E-state index in [-0.39, 0.29) is 5.54 Å². The molecule has 0 saturated heterocycles. The van der Waals surface area contributed by atoms with E-state index in [0.717, 1.165) is 6.54 Å². The van der Waals surface area contributed by atoms with Crippen LogP contribution >= 0.6 is 0 Å². The lowest BCUT2D eigenvalue weighted by molar-refractivity contribution is 0.419. The number of aryl methyl sites for hydroxylation is 1. The Labute approximate surface area is 115 Å². The molecule has 0 radical (unpaired) electrons. The predicted octanol–water partition coefficient (Wildman–Crippen LogP) is 3.38. The second-order valence-corrected chi connectivity index (χ2v) is 6.08. The van der Waals surface area contributed by atoms with Crippen molar-refractivity contribution in [1.82, 2.24) is 14.9 Å². The Morgan fingerprint density at radius 2 is 1.95 bits per heavy atom. The molecule has 0 aliphatic heterocycles. The minimum atomic E-state index is 0.108. The summed E-state index contributed by atoms with van der Waals surface area (Å²) in [6, 6.07) is 6.38. The SMILES string of the molecule is Cc1cccc(-n2cncc2CNC(C)(C)C)c1C. The van der Waals surface area contributed by atoms with E-state index in [4.69, 9.17) is 0 Å². The van der Waals surface area contributed by atoms with Gasteiger partial charge in [0.15, 0.2) is 0 Å². The lowest BCUT2D eigenvalue weighted by atomic mass is 10.1. The van der Waals surface area contributed by atoms with E-state index in [1.54, 1.807) is 0 Å². The molecule has 2 rings (SSSR count). The zero-order chi connectivity index (χ0) is 14.0. The maximum atomic E-state index is 4.29. The summed E-state index contributed by atoms with van der Waals surface area (Å²) in [5.74, 6) is 0. The van der Waals surface area contributed by atoms with Crippen molar-refractivity contribution in [2.24, 2.45) is 0 Å². The molecule has 102 valence electrons. The topological polar surface area (TPSA) is 29.9 Å². The standard InChI is InChI=1S/C16H23N3/c1-12-7-6-8-15(13(12)2)19-11-17-9-14(19)10-18-16(3,4)5/h6-9,11,18H,10H2,1-5H3. The van der Waals surface area contributed by atoms with Gasteiger partial charge in [-0.3, -0.25) is 0 Å². The number of aromatic nitrogens is 2. The van der Waals surface area contributed by atoms with Crippen molar-refractivity contribution in [3.8, 4) is 5.69 Å². The summed E-state index contributed by atoms with van der Waals surface area (Å²) in [7, 11) is 0. The Morgan fingerprint density at radius 3 is 2.63 bits per heavy atom. The molecule has 3 heteroatoms. The van der Waals surface area contributed by atoms with E-state index < -0.39 is 0 Å². The van der Waals surface area contributed by atoms with E-state index in [1.165, 1.54) is 22.5 Å². The summed E-state index contributed by atoms with van der Waals surface area (Å²) in [6.07, 6.45) is 3.82. The van der Waals surface area contributed by atoms with Gasteiger partial charge < -0.3 is 9.88 Å². The Kier molecular flexibility index (Phi) is 3.76. The molecule has 0 amide bonds. The largest absolute Gasteiger partial charge is 0.306 e. The lowest BCUT2D eigenvalue weighted by Gasteiger charge is -2.21. The normalized spacial score (nSPS) is 11.8. The Hall–Kier alpha value is -1.61. The van der Waals surface area contributed by atoms with Crippen LogP contribution in [-0.4, -0.2) is 15.1 Å². The zero-order valence-electron chi connectivity index (χ0n) is 12.5. The van der Waals surface area contributed by atoms with Gasteiger partial charge in [-0.25, -0.2) is 4.98 Å². The molecule has 1 aromatic heterocycles. The molecule has 0 unspecified atom stereocenters. The van der Waals surface area contributed by atoms with Gasteiger partial charge in [-0.2, -0.15) is 0 Å². The molecule has 3 nitrogen and oxygen atoms in total. The Balaban J connectivity index is 2.31. The minimum absolute atomic E-state index is 0.108. The smallest absolute Gasteiger partial charge is 0.0994 e. The molecule has 1 heterocycles. The van der Waals surface area contributed by atoms with Crippen LogP contribution in [0, 0.1) is 13.8 Å². The minimum Gasteiger partial charge on any atom is -0.306 e. The van der Waals surface area contributed by atoms with Crippen LogP contribution in [0.2, 0.25) is 0 Å². The number of benzene rings is 1. The van der Waals surface area contributed by atoms with Gasteiger partial charge in [-0.05, 0) is 51.8 Å². The van der Waals surface area contributed by atoms with Gasteiger partial charge in [0.1, 0.15) is 0 Å². The van der Waals surface area contributed by atoms with E-state index >= 15 is 0 Å². The van der Waals surface area contributed by atoms with Crippen molar-refractivity contribution < 1.29 is 0 Å². The zero-order valence-corrected chi connectivity index (χ0v) is 12.5. The monoisotopic (exact) mass is 257 g/mol. The fraction of sp³-hybridized carbons (Fsp3) is 0.438. The van der Waals surface area contributed by atoms with E-state index in [0.29, 0.717) is 0 Å². The molecule has 0 aliphatic rings. The Bertz CT molecular complexity index is 562. The Morgan fingerprint density at radius 1 is 1.21 bits per heavy atom. The number of hydrogen-bond acceptors (Lipinski definition) is 2. The van der Waals surface area contributed by atoms with Crippen molar-refractivity contribution in [3.63, 3.8) is 0 Å². The summed E-state index contributed by atoms with van der Waals surface area (Å²) in [5, 5.41) is 3.51. The number of imidazole rings is 1. The molecule has 0 bridgehead atoms. The molecular formula is C16H23N3. The summed E-state index contributed by atoms with van der Waals surface area (Å²) < 4.78 is 2.17. The average Bonchev–Trinajstić information content (AvgIpc) is 2.77. The molecule has 0 atom stereocenters. The fourth-order valence-electron chi connectivity index (χ4n) is 2.02. The van der Waals surface area contributed by atoms with E-state index in [2.05, 4.69) is 67.7 Å². The number of rotatable bonds is 3. The second kappa shape index (κ2) is 5.17. The lowest BCUT2D eigenvalue weighted by Crippen LogP contribution is -2.35. The van der Waals surface area contributed by atoms with Crippen LogP contribution in [0.3, 0.4) is 0 Å². The summed E-state index contributed by atoms with van der Waals surface area (Å²) >= 11 is 0.